The van der Waals surface area contributed by atoms with Gasteiger partial charge in [0.2, 0.25) is 0 Å². The molecule has 9 N–H and O–H groups in total. The van der Waals surface area contributed by atoms with Gasteiger partial charge in [0.15, 0.2) is 0 Å². The van der Waals surface area contributed by atoms with E-state index in [9.17, 15) is 0 Å². The van der Waals surface area contributed by atoms with Crippen molar-refractivity contribution in [2.24, 2.45) is 11.1 Å². The Kier molecular flexibility index (Phi) is 12.5. The van der Waals surface area contributed by atoms with E-state index in [1.165, 1.54) is 0 Å². The largest absolute Gasteiger partial charge is 0.394 e. The fraction of sp³-hybridized carbons (Fsp3) is 1.00. The van der Waals surface area contributed by atoms with Crippen LogP contribution in [0.1, 0.15) is 34.6 Å². The third kappa shape index (κ3) is 57.7. The minimum absolute atomic E-state index is 0. The summed E-state index contributed by atoms with van der Waals surface area (Å²) in [5.74, 6) is 0. The lowest BCUT2D eigenvalue weighted by Gasteiger charge is -2.34. The summed E-state index contributed by atoms with van der Waals surface area (Å²) in [5, 5.41) is 0. The van der Waals surface area contributed by atoms with Gasteiger partial charge in [-0.15, -0.1) is 0 Å². The van der Waals surface area contributed by atoms with Crippen LogP contribution >= 0.6 is 0 Å². The maximum atomic E-state index is 8.74. The van der Waals surface area contributed by atoms with E-state index >= 15 is 0 Å². The zero-order valence-electron chi connectivity index (χ0n) is 11.5. The highest BCUT2D eigenvalue weighted by Crippen LogP contribution is 2.26. The van der Waals surface area contributed by atoms with Crippen molar-refractivity contribution in [1.29, 1.82) is 0 Å². The summed E-state index contributed by atoms with van der Waals surface area (Å²) in [5.41, 5.74) is 5.97. The second-order valence-corrected chi connectivity index (χ2v) is 6.66. The molecule has 0 fully saturated rings. The Labute approximate surface area is 114 Å². The van der Waals surface area contributed by atoms with Gasteiger partial charge in [-0.3, -0.25) is 18.2 Å². The molecule has 0 aliphatic heterocycles. The SMILES string of the molecule is CC(C)(C)C(C)(C)N.N.O=S(=O)(O)O.O=S(=O)(O)O. The first-order chi connectivity index (χ1) is 7.25. The maximum absolute atomic E-state index is 8.74. The molecule has 0 radical (unpaired) electrons. The van der Waals surface area contributed by atoms with Crippen LogP contribution in [0.3, 0.4) is 0 Å². The van der Waals surface area contributed by atoms with Crippen molar-refractivity contribution in [1.82, 2.24) is 6.15 Å². The monoisotopic (exact) mass is 328 g/mol. The van der Waals surface area contributed by atoms with E-state index < -0.39 is 20.8 Å². The lowest BCUT2D eigenvalue weighted by Crippen LogP contribution is -2.45. The molecule has 10 nitrogen and oxygen atoms in total. The van der Waals surface area contributed by atoms with Crippen molar-refractivity contribution in [2.45, 2.75) is 40.2 Å². The summed E-state index contributed by atoms with van der Waals surface area (Å²) < 4.78 is 63.2. The van der Waals surface area contributed by atoms with Crippen LogP contribution in [-0.2, 0) is 20.8 Å². The van der Waals surface area contributed by atoms with Crippen molar-refractivity contribution < 1.29 is 35.0 Å². The third-order valence-electron chi connectivity index (χ3n) is 1.93. The van der Waals surface area contributed by atoms with Crippen molar-refractivity contribution in [3.8, 4) is 0 Å². The molecule has 12 heteroatoms. The molecule has 0 amide bonds. The number of hydrogen-bond acceptors (Lipinski definition) is 6. The Morgan fingerprint density at radius 2 is 0.789 bits per heavy atom. The minimum atomic E-state index is -4.67. The summed E-state index contributed by atoms with van der Waals surface area (Å²) in [6, 6.07) is 0. The molecule has 0 aromatic carbocycles. The van der Waals surface area contributed by atoms with Crippen LogP contribution in [-0.4, -0.2) is 40.6 Å². The summed E-state index contributed by atoms with van der Waals surface area (Å²) in [4.78, 5) is 0. The van der Waals surface area contributed by atoms with Crippen LogP contribution in [0, 0.1) is 5.41 Å². The molecule has 0 aromatic heterocycles. The Morgan fingerprint density at radius 3 is 0.789 bits per heavy atom. The second kappa shape index (κ2) is 8.76. The van der Waals surface area contributed by atoms with Crippen molar-refractivity contribution in [3.63, 3.8) is 0 Å². The average molecular weight is 328 g/mol. The Balaban J connectivity index is -0.0000000906. The van der Waals surface area contributed by atoms with Gasteiger partial charge in [0.25, 0.3) is 0 Å². The molecule has 0 unspecified atom stereocenters. The van der Waals surface area contributed by atoms with E-state index in [0.717, 1.165) is 0 Å². The van der Waals surface area contributed by atoms with Crippen LogP contribution in [0.25, 0.3) is 0 Å². The molecule has 0 aromatic rings. The Morgan fingerprint density at radius 1 is 0.737 bits per heavy atom. The third-order valence-corrected chi connectivity index (χ3v) is 1.93. The second-order valence-electron chi connectivity index (χ2n) is 4.87. The van der Waals surface area contributed by atoms with Crippen molar-refractivity contribution in [3.05, 3.63) is 0 Å². The van der Waals surface area contributed by atoms with Crippen LogP contribution in [0.4, 0.5) is 0 Å². The smallest absolute Gasteiger partial charge is 0.344 e. The number of hydrogen-bond donors (Lipinski definition) is 6. The lowest BCUT2D eigenvalue weighted by atomic mass is 9.77. The molecular weight excluding hydrogens is 304 g/mol. The first-order valence-corrected chi connectivity index (χ1v) is 7.23. The molecule has 0 spiro atoms. The molecule has 0 saturated carbocycles. The van der Waals surface area contributed by atoms with Gasteiger partial charge in [0.05, 0.1) is 0 Å². The standard InChI is InChI=1S/C7H17N.H3N.2H2O4S/c1-6(2,3)7(4,5)8;;2*1-5(2,3)4/h8H2,1-5H3;1H3;2*(H2,1,2,3,4). The van der Waals surface area contributed by atoms with Crippen LogP contribution in [0.2, 0.25) is 0 Å². The highest BCUT2D eigenvalue weighted by atomic mass is 32.3. The molecule has 0 atom stereocenters. The molecule has 0 saturated heterocycles. The first kappa shape index (κ1) is 27.1. The van der Waals surface area contributed by atoms with Gasteiger partial charge < -0.3 is 11.9 Å². The fourth-order valence-corrected chi connectivity index (χ4v) is 0. The molecular formula is C7H24N2O8S2. The Hall–Kier alpha value is -0.340. The quantitative estimate of drug-likeness (QED) is 0.341. The summed E-state index contributed by atoms with van der Waals surface area (Å²) in [6.07, 6.45) is 0. The van der Waals surface area contributed by atoms with E-state index in [-0.39, 0.29) is 17.1 Å². The number of nitrogens with two attached hydrogens (primary N) is 1. The minimum Gasteiger partial charge on any atom is -0.344 e. The molecule has 0 bridgehead atoms. The maximum Gasteiger partial charge on any atom is 0.394 e. The fourth-order valence-electron chi connectivity index (χ4n) is 0. The zero-order valence-corrected chi connectivity index (χ0v) is 13.2. The molecule has 0 aliphatic rings. The number of rotatable bonds is 0. The lowest BCUT2D eigenvalue weighted by molar-refractivity contribution is 0.230. The van der Waals surface area contributed by atoms with E-state index in [2.05, 4.69) is 20.8 Å². The van der Waals surface area contributed by atoms with Crippen molar-refractivity contribution in [2.75, 3.05) is 0 Å². The highest BCUT2D eigenvalue weighted by Gasteiger charge is 2.27. The van der Waals surface area contributed by atoms with Crippen LogP contribution in [0.15, 0.2) is 0 Å². The Bertz CT molecular complexity index is 357. The van der Waals surface area contributed by atoms with Gasteiger partial charge in [-0.05, 0) is 19.3 Å². The molecule has 19 heavy (non-hydrogen) atoms. The summed E-state index contributed by atoms with van der Waals surface area (Å²) in [7, 11) is -9.33. The summed E-state index contributed by atoms with van der Waals surface area (Å²) in [6.45, 7) is 10.5. The van der Waals surface area contributed by atoms with Gasteiger partial charge in [-0.1, -0.05) is 20.8 Å². The van der Waals surface area contributed by atoms with E-state index in [1.54, 1.807) is 0 Å². The normalized spacial score (nSPS) is 12.1. The zero-order chi connectivity index (χ0) is 16.0. The topological polar surface area (TPSA) is 210 Å². The molecule has 0 rings (SSSR count). The van der Waals surface area contributed by atoms with Gasteiger partial charge in [-0.2, -0.15) is 16.8 Å². The van der Waals surface area contributed by atoms with Gasteiger partial charge in [0.1, 0.15) is 0 Å². The van der Waals surface area contributed by atoms with E-state index in [1.807, 2.05) is 13.8 Å². The molecule has 122 valence electrons. The van der Waals surface area contributed by atoms with Crippen molar-refractivity contribution >= 4 is 20.8 Å². The van der Waals surface area contributed by atoms with Gasteiger partial charge >= 0.3 is 20.8 Å². The van der Waals surface area contributed by atoms with Gasteiger partial charge in [0, 0.05) is 5.54 Å². The predicted octanol–water partition coefficient (Wildman–Crippen LogP) is 0.626. The van der Waals surface area contributed by atoms with E-state index in [0.29, 0.717) is 0 Å². The van der Waals surface area contributed by atoms with Crippen LogP contribution < -0.4 is 11.9 Å². The van der Waals surface area contributed by atoms with E-state index in [4.69, 9.17) is 40.8 Å². The highest BCUT2D eigenvalue weighted by molar-refractivity contribution is 7.80. The molecule has 0 heterocycles. The summed E-state index contributed by atoms with van der Waals surface area (Å²) >= 11 is 0. The van der Waals surface area contributed by atoms with Gasteiger partial charge in [-0.25, -0.2) is 0 Å². The average Bonchev–Trinajstić information content (AvgIpc) is 1.70. The first-order valence-electron chi connectivity index (χ1n) is 4.44. The predicted molar refractivity (Wildman–Crippen MR) is 71.1 cm³/mol. The molecule has 0 aliphatic carbocycles. The van der Waals surface area contributed by atoms with Crippen LogP contribution in [0.5, 0.6) is 0 Å².